The number of fused-ring (bicyclic) bond motifs is 7. The first-order valence-corrected chi connectivity index (χ1v) is 11.0. The molecular weight excluding hydrogens is 344 g/mol. The van der Waals surface area contributed by atoms with Crippen LogP contribution in [0.15, 0.2) is 48.5 Å². The van der Waals surface area contributed by atoms with Crippen molar-refractivity contribution >= 4 is 11.6 Å². The van der Waals surface area contributed by atoms with Crippen molar-refractivity contribution in [1.29, 1.82) is 0 Å². The van der Waals surface area contributed by atoms with Crippen molar-refractivity contribution < 1.29 is 4.79 Å². The van der Waals surface area contributed by atoms with Gasteiger partial charge in [-0.25, -0.2) is 0 Å². The molecular formula is C25H28N2O. The van der Waals surface area contributed by atoms with E-state index in [4.69, 9.17) is 0 Å². The smallest absolute Gasteiger partial charge is 0.253 e. The third-order valence-corrected chi connectivity index (χ3v) is 7.89. The van der Waals surface area contributed by atoms with Gasteiger partial charge in [0.05, 0.1) is 6.04 Å². The molecule has 0 unspecified atom stereocenters. The predicted octanol–water partition coefficient (Wildman–Crippen LogP) is 5.22. The van der Waals surface area contributed by atoms with Gasteiger partial charge in [0.1, 0.15) is 0 Å². The summed E-state index contributed by atoms with van der Waals surface area (Å²) < 4.78 is 0. The molecule has 2 aromatic rings. The summed E-state index contributed by atoms with van der Waals surface area (Å²) in [5.74, 6) is 3.10. The maximum atomic E-state index is 13.0. The second-order valence-electron chi connectivity index (χ2n) is 9.27. The highest BCUT2D eigenvalue weighted by Crippen LogP contribution is 2.63. The van der Waals surface area contributed by atoms with Crippen LogP contribution in [0.3, 0.4) is 0 Å². The van der Waals surface area contributed by atoms with Crippen LogP contribution in [-0.4, -0.2) is 23.9 Å². The summed E-state index contributed by atoms with van der Waals surface area (Å²) in [6.07, 6.45) is 6.39. The Morgan fingerprint density at radius 2 is 1.75 bits per heavy atom. The highest BCUT2D eigenvalue weighted by atomic mass is 16.2. The Morgan fingerprint density at radius 1 is 0.964 bits per heavy atom. The van der Waals surface area contributed by atoms with Gasteiger partial charge in [-0.15, -0.1) is 0 Å². The van der Waals surface area contributed by atoms with Crippen LogP contribution in [0.4, 0.5) is 5.69 Å². The van der Waals surface area contributed by atoms with Crippen molar-refractivity contribution in [2.75, 3.05) is 18.4 Å². The Morgan fingerprint density at radius 3 is 2.57 bits per heavy atom. The van der Waals surface area contributed by atoms with Crippen molar-refractivity contribution in [3.8, 4) is 0 Å². The molecule has 3 nitrogen and oxygen atoms in total. The Bertz CT molecular complexity index is 902. The zero-order valence-corrected chi connectivity index (χ0v) is 16.3. The van der Waals surface area contributed by atoms with Crippen LogP contribution in [0.2, 0.25) is 0 Å². The largest absolute Gasteiger partial charge is 0.378 e. The van der Waals surface area contributed by atoms with Crippen molar-refractivity contribution in [2.24, 2.45) is 17.8 Å². The number of carbonyl (C=O) groups is 1. The quantitative estimate of drug-likeness (QED) is 0.784. The molecule has 0 radical (unpaired) electrons. The van der Waals surface area contributed by atoms with E-state index in [0.29, 0.717) is 17.9 Å². The average molecular weight is 373 g/mol. The summed E-state index contributed by atoms with van der Waals surface area (Å²) >= 11 is 0. The van der Waals surface area contributed by atoms with E-state index in [1.807, 2.05) is 11.0 Å². The Kier molecular flexibility index (Phi) is 3.78. The van der Waals surface area contributed by atoms with Gasteiger partial charge in [-0.3, -0.25) is 4.79 Å². The van der Waals surface area contributed by atoms with Gasteiger partial charge in [0, 0.05) is 24.3 Å². The van der Waals surface area contributed by atoms with Crippen LogP contribution in [0.1, 0.15) is 65.5 Å². The van der Waals surface area contributed by atoms with Crippen molar-refractivity contribution in [2.45, 2.75) is 44.1 Å². The number of amides is 1. The molecule has 5 atom stereocenters. The van der Waals surface area contributed by atoms with Gasteiger partial charge in [0.25, 0.3) is 5.91 Å². The predicted molar refractivity (Wildman–Crippen MR) is 111 cm³/mol. The standard InChI is InChI=1S/C25H28N2O/c28-25(27-12-4-5-13-27)19-10-11-21-20(15-19)22-17-8-9-18(14-17)23(22)24(26-21)16-6-2-1-3-7-16/h1-3,6-7,10-11,15,17-18,22-24,26H,4-5,8-9,12-14H2/t17-,18-,22-,23+,24-/m0/s1. The van der Waals surface area contributed by atoms with Gasteiger partial charge >= 0.3 is 0 Å². The molecule has 2 saturated carbocycles. The minimum atomic E-state index is 0.227. The van der Waals surface area contributed by atoms with E-state index in [1.165, 1.54) is 36.1 Å². The third kappa shape index (κ3) is 2.45. The third-order valence-electron chi connectivity index (χ3n) is 7.89. The minimum Gasteiger partial charge on any atom is -0.378 e. The Balaban J connectivity index is 1.41. The Labute approximate surface area is 167 Å². The first-order valence-electron chi connectivity index (χ1n) is 11.0. The maximum absolute atomic E-state index is 13.0. The average Bonchev–Trinajstić information content (AvgIpc) is 3.51. The number of benzene rings is 2. The Hall–Kier alpha value is -2.29. The first kappa shape index (κ1) is 16.6. The second kappa shape index (κ2) is 6.37. The number of rotatable bonds is 2. The molecule has 3 fully saturated rings. The molecule has 2 heterocycles. The van der Waals surface area contributed by atoms with Crippen LogP contribution in [0, 0.1) is 17.8 Å². The highest BCUT2D eigenvalue weighted by molar-refractivity contribution is 5.95. The topological polar surface area (TPSA) is 32.3 Å². The number of nitrogens with one attached hydrogen (secondary N) is 1. The van der Waals surface area contributed by atoms with Gasteiger partial charge in [-0.2, -0.15) is 0 Å². The van der Waals surface area contributed by atoms with E-state index in [0.717, 1.165) is 43.3 Å². The van der Waals surface area contributed by atoms with Gasteiger partial charge in [0.15, 0.2) is 0 Å². The summed E-state index contributed by atoms with van der Waals surface area (Å²) in [5.41, 5.74) is 4.96. The minimum absolute atomic E-state index is 0.227. The van der Waals surface area contributed by atoms with Crippen LogP contribution in [0.25, 0.3) is 0 Å². The van der Waals surface area contributed by atoms with Gasteiger partial charge in [-0.05, 0) is 85.1 Å². The molecule has 144 valence electrons. The lowest BCUT2D eigenvalue weighted by Crippen LogP contribution is -2.36. The fourth-order valence-electron chi connectivity index (χ4n) is 6.71. The van der Waals surface area contributed by atoms with E-state index in [2.05, 4.69) is 47.8 Å². The number of hydrogen-bond donors (Lipinski definition) is 1. The summed E-state index contributed by atoms with van der Waals surface area (Å²) in [7, 11) is 0. The van der Waals surface area contributed by atoms with E-state index < -0.39 is 0 Å². The highest BCUT2D eigenvalue weighted by Gasteiger charge is 2.53. The monoisotopic (exact) mass is 372 g/mol. The van der Waals surface area contributed by atoms with Crippen LogP contribution >= 0.6 is 0 Å². The second-order valence-corrected chi connectivity index (χ2v) is 9.27. The van der Waals surface area contributed by atoms with E-state index in [1.54, 1.807) is 0 Å². The first-order chi connectivity index (χ1) is 13.8. The zero-order valence-electron chi connectivity index (χ0n) is 16.3. The fraction of sp³-hybridized carbons (Fsp3) is 0.480. The van der Waals surface area contributed by atoms with Crippen molar-refractivity contribution in [3.63, 3.8) is 0 Å². The lowest BCUT2D eigenvalue weighted by Gasteiger charge is -2.43. The molecule has 28 heavy (non-hydrogen) atoms. The molecule has 0 spiro atoms. The number of anilines is 1. The number of hydrogen-bond acceptors (Lipinski definition) is 2. The van der Waals surface area contributed by atoms with Crippen LogP contribution in [-0.2, 0) is 0 Å². The van der Waals surface area contributed by atoms with Gasteiger partial charge in [0.2, 0.25) is 0 Å². The molecule has 0 aromatic heterocycles. The molecule has 1 amide bonds. The molecule has 4 aliphatic rings. The molecule has 2 aromatic carbocycles. The van der Waals surface area contributed by atoms with E-state index in [-0.39, 0.29) is 5.91 Å². The molecule has 3 heteroatoms. The normalized spacial score (nSPS) is 32.7. The SMILES string of the molecule is O=C(c1ccc2c(c1)[C@@H]1[C@H]3CC[C@@H](C3)[C@H]1[C@H](c1ccccc1)N2)N1CCCC1. The van der Waals surface area contributed by atoms with Gasteiger partial charge < -0.3 is 10.2 Å². The number of carbonyl (C=O) groups excluding carboxylic acids is 1. The molecule has 1 saturated heterocycles. The molecule has 2 bridgehead atoms. The molecule has 2 aliphatic carbocycles. The molecule has 6 rings (SSSR count). The summed E-state index contributed by atoms with van der Waals surface area (Å²) in [6.45, 7) is 1.84. The lowest BCUT2D eigenvalue weighted by molar-refractivity contribution is 0.0792. The summed E-state index contributed by atoms with van der Waals surface area (Å²) in [4.78, 5) is 15.0. The van der Waals surface area contributed by atoms with Crippen LogP contribution < -0.4 is 5.32 Å². The fourth-order valence-corrected chi connectivity index (χ4v) is 6.71. The number of nitrogens with zero attached hydrogens (tertiary/aromatic N) is 1. The summed E-state index contributed by atoms with van der Waals surface area (Å²) in [5, 5.41) is 3.88. The van der Waals surface area contributed by atoms with E-state index in [9.17, 15) is 4.79 Å². The molecule has 1 N–H and O–H groups in total. The van der Waals surface area contributed by atoms with Gasteiger partial charge in [-0.1, -0.05) is 30.3 Å². The zero-order chi connectivity index (χ0) is 18.7. The molecule has 2 aliphatic heterocycles. The van der Waals surface area contributed by atoms with Crippen molar-refractivity contribution in [3.05, 3.63) is 65.2 Å². The number of likely N-dealkylation sites (tertiary alicyclic amines) is 1. The van der Waals surface area contributed by atoms with Crippen molar-refractivity contribution in [1.82, 2.24) is 4.90 Å². The van der Waals surface area contributed by atoms with E-state index >= 15 is 0 Å². The van der Waals surface area contributed by atoms with Crippen LogP contribution in [0.5, 0.6) is 0 Å². The lowest BCUT2D eigenvalue weighted by atomic mass is 9.68. The summed E-state index contributed by atoms with van der Waals surface area (Å²) in [6, 6.07) is 17.8. The maximum Gasteiger partial charge on any atom is 0.253 e.